The van der Waals surface area contributed by atoms with Gasteiger partial charge in [0.2, 0.25) is 0 Å². The van der Waals surface area contributed by atoms with Crippen molar-refractivity contribution < 1.29 is 9.92 Å². The van der Waals surface area contributed by atoms with Gasteiger partial charge in [0.25, 0.3) is 5.09 Å². The number of rotatable bonds is 3. The highest BCUT2D eigenvalue weighted by molar-refractivity contribution is 5.01. The van der Waals surface area contributed by atoms with Gasteiger partial charge in [0.1, 0.15) is 6.61 Å². The van der Waals surface area contributed by atoms with Crippen LogP contribution in [0, 0.1) is 33.3 Å². The Bertz CT molecular complexity index is 254. The van der Waals surface area contributed by atoms with Gasteiger partial charge in [-0.25, -0.2) is 0 Å². The van der Waals surface area contributed by atoms with Crippen molar-refractivity contribution in [2.75, 3.05) is 6.61 Å². The Hall–Kier alpha value is -0.800. The minimum atomic E-state index is -0.626. The maximum absolute atomic E-state index is 10.3. The zero-order valence-corrected chi connectivity index (χ0v) is 8.85. The summed E-state index contributed by atoms with van der Waals surface area (Å²) in [6.07, 6.45) is 7.64. The van der Waals surface area contributed by atoms with Gasteiger partial charge in [-0.15, -0.1) is 10.1 Å². The molecule has 0 saturated heterocycles. The highest BCUT2D eigenvalue weighted by Gasteiger charge is 2.51. The Morgan fingerprint density at radius 3 is 2.00 bits per heavy atom. The monoisotopic (exact) mass is 211 g/mol. The minimum Gasteiger partial charge on any atom is -0.313 e. The molecule has 0 radical (unpaired) electrons. The maximum atomic E-state index is 10.3. The molecular formula is C11H17NO3. The molecule has 15 heavy (non-hydrogen) atoms. The molecule has 0 amide bonds. The summed E-state index contributed by atoms with van der Waals surface area (Å²) in [5, 5.41) is 9.65. The molecule has 4 saturated carbocycles. The molecule has 0 aromatic carbocycles. The summed E-state index contributed by atoms with van der Waals surface area (Å²) in [5.41, 5.74) is 0.168. The van der Waals surface area contributed by atoms with Crippen LogP contribution in [0.4, 0.5) is 0 Å². The average Bonchev–Trinajstić information content (AvgIpc) is 2.12. The van der Waals surface area contributed by atoms with Crippen LogP contribution in [0.15, 0.2) is 0 Å². The smallest absolute Gasteiger partial charge is 0.294 e. The fraction of sp³-hybridized carbons (Fsp3) is 1.00. The predicted molar refractivity (Wildman–Crippen MR) is 53.6 cm³/mol. The Kier molecular flexibility index (Phi) is 1.94. The van der Waals surface area contributed by atoms with E-state index in [0.29, 0.717) is 6.61 Å². The lowest BCUT2D eigenvalue weighted by Crippen LogP contribution is -2.48. The first kappa shape index (κ1) is 9.43. The Labute approximate surface area is 89.1 Å². The lowest BCUT2D eigenvalue weighted by atomic mass is 9.50. The van der Waals surface area contributed by atoms with Crippen molar-refractivity contribution in [1.29, 1.82) is 0 Å². The summed E-state index contributed by atoms with van der Waals surface area (Å²) in [5.74, 6) is 2.52. The lowest BCUT2D eigenvalue weighted by molar-refractivity contribution is -0.761. The van der Waals surface area contributed by atoms with Crippen LogP contribution < -0.4 is 0 Å². The van der Waals surface area contributed by atoms with Crippen molar-refractivity contribution in [3.05, 3.63) is 10.1 Å². The fourth-order valence-electron chi connectivity index (χ4n) is 4.66. The van der Waals surface area contributed by atoms with Gasteiger partial charge < -0.3 is 4.84 Å². The van der Waals surface area contributed by atoms with Crippen LogP contribution in [0.25, 0.3) is 0 Å². The summed E-state index contributed by atoms with van der Waals surface area (Å²) < 4.78 is 0. The second-order valence-corrected chi connectivity index (χ2v) is 5.91. The van der Waals surface area contributed by atoms with Crippen molar-refractivity contribution in [3.63, 3.8) is 0 Å². The summed E-state index contributed by atoms with van der Waals surface area (Å²) >= 11 is 0. The Morgan fingerprint density at radius 1 is 1.13 bits per heavy atom. The van der Waals surface area contributed by atoms with E-state index in [0.717, 1.165) is 17.8 Å². The van der Waals surface area contributed by atoms with E-state index in [1.54, 1.807) is 0 Å². The molecule has 0 N–H and O–H groups in total. The van der Waals surface area contributed by atoms with Crippen molar-refractivity contribution in [2.24, 2.45) is 23.2 Å². The molecule has 0 aromatic heterocycles. The summed E-state index contributed by atoms with van der Waals surface area (Å²) in [7, 11) is 0. The minimum absolute atomic E-state index is 0.168. The molecule has 4 nitrogen and oxygen atoms in total. The normalized spacial score (nSPS) is 46.8. The summed E-state index contributed by atoms with van der Waals surface area (Å²) in [6.45, 7) is 0.351. The molecular weight excluding hydrogens is 194 g/mol. The number of nitrogens with zero attached hydrogens (tertiary/aromatic N) is 1. The lowest BCUT2D eigenvalue weighted by Gasteiger charge is -2.56. The predicted octanol–water partition coefficient (Wildman–Crippen LogP) is 2.41. The van der Waals surface area contributed by atoms with Crippen LogP contribution in [-0.2, 0) is 4.84 Å². The van der Waals surface area contributed by atoms with E-state index in [1.165, 1.54) is 38.5 Å². The molecule has 0 heterocycles. The van der Waals surface area contributed by atoms with E-state index >= 15 is 0 Å². The van der Waals surface area contributed by atoms with Gasteiger partial charge >= 0.3 is 0 Å². The zero-order chi connectivity index (χ0) is 10.5. The summed E-state index contributed by atoms with van der Waals surface area (Å²) in [6, 6.07) is 0. The van der Waals surface area contributed by atoms with Crippen LogP contribution in [-0.4, -0.2) is 11.7 Å². The molecule has 4 rings (SSSR count). The van der Waals surface area contributed by atoms with Gasteiger partial charge in [0.05, 0.1) is 0 Å². The second kappa shape index (κ2) is 3.09. The molecule has 0 spiro atoms. The van der Waals surface area contributed by atoms with Gasteiger partial charge in [-0.05, 0) is 61.7 Å². The van der Waals surface area contributed by atoms with E-state index in [9.17, 15) is 10.1 Å². The second-order valence-electron chi connectivity index (χ2n) is 5.91. The van der Waals surface area contributed by atoms with Crippen molar-refractivity contribution in [3.8, 4) is 0 Å². The van der Waals surface area contributed by atoms with Gasteiger partial charge in [-0.2, -0.15) is 0 Å². The van der Waals surface area contributed by atoms with Crippen LogP contribution in [0.3, 0.4) is 0 Å². The maximum Gasteiger partial charge on any atom is 0.294 e. The van der Waals surface area contributed by atoms with Crippen LogP contribution in [0.5, 0.6) is 0 Å². The van der Waals surface area contributed by atoms with Crippen molar-refractivity contribution >= 4 is 0 Å². The number of hydrogen-bond acceptors (Lipinski definition) is 3. The van der Waals surface area contributed by atoms with E-state index in [1.807, 2.05) is 0 Å². The largest absolute Gasteiger partial charge is 0.313 e. The molecule has 84 valence electrons. The quantitative estimate of drug-likeness (QED) is 0.532. The van der Waals surface area contributed by atoms with Crippen LogP contribution in [0.2, 0.25) is 0 Å². The highest BCUT2D eigenvalue weighted by atomic mass is 16.9. The highest BCUT2D eigenvalue weighted by Crippen LogP contribution is 2.59. The molecule has 4 bridgehead atoms. The molecule has 4 aliphatic rings. The molecule has 0 aromatic rings. The third-order valence-corrected chi connectivity index (χ3v) is 4.64. The first-order valence-corrected chi connectivity index (χ1v) is 5.92. The van der Waals surface area contributed by atoms with Crippen molar-refractivity contribution in [1.82, 2.24) is 0 Å². The first-order valence-electron chi connectivity index (χ1n) is 5.92. The van der Waals surface area contributed by atoms with Gasteiger partial charge in [-0.3, -0.25) is 0 Å². The standard InChI is InChI=1S/C11H17NO3/c13-12(14)15-7-11-4-8-1-9(5-11)3-10(2-8)6-11/h8-10H,1-7H2. The summed E-state index contributed by atoms with van der Waals surface area (Å²) in [4.78, 5) is 14.9. The van der Waals surface area contributed by atoms with Crippen LogP contribution >= 0.6 is 0 Å². The topological polar surface area (TPSA) is 52.4 Å². The Balaban J connectivity index is 1.72. The third-order valence-electron chi connectivity index (χ3n) is 4.64. The third kappa shape index (κ3) is 1.60. The molecule has 0 unspecified atom stereocenters. The van der Waals surface area contributed by atoms with E-state index in [-0.39, 0.29) is 5.41 Å². The molecule has 0 atom stereocenters. The fourth-order valence-corrected chi connectivity index (χ4v) is 4.66. The van der Waals surface area contributed by atoms with Gasteiger partial charge in [0.15, 0.2) is 0 Å². The molecule has 4 aliphatic carbocycles. The number of hydrogen-bond donors (Lipinski definition) is 0. The van der Waals surface area contributed by atoms with Gasteiger partial charge in [0, 0.05) is 0 Å². The van der Waals surface area contributed by atoms with E-state index in [4.69, 9.17) is 0 Å². The molecule has 4 heteroatoms. The van der Waals surface area contributed by atoms with Gasteiger partial charge in [-0.1, -0.05) is 0 Å². The SMILES string of the molecule is O=[N+]([O-])OCC12CC3CC(CC(C3)C1)C2. The molecule has 0 aliphatic heterocycles. The zero-order valence-electron chi connectivity index (χ0n) is 8.85. The van der Waals surface area contributed by atoms with E-state index in [2.05, 4.69) is 4.84 Å². The average molecular weight is 211 g/mol. The Morgan fingerprint density at radius 2 is 1.60 bits per heavy atom. The molecule has 4 fully saturated rings. The van der Waals surface area contributed by atoms with Crippen molar-refractivity contribution in [2.45, 2.75) is 38.5 Å². The van der Waals surface area contributed by atoms with E-state index < -0.39 is 5.09 Å². The van der Waals surface area contributed by atoms with Crippen LogP contribution in [0.1, 0.15) is 38.5 Å². The first-order chi connectivity index (χ1) is 7.15.